The van der Waals surface area contributed by atoms with E-state index in [1.807, 2.05) is 24.3 Å². The summed E-state index contributed by atoms with van der Waals surface area (Å²) in [5, 5.41) is 8.91. The van der Waals surface area contributed by atoms with Crippen molar-refractivity contribution >= 4 is 17.3 Å². The average Bonchev–Trinajstić information content (AvgIpc) is 2.43. The van der Waals surface area contributed by atoms with E-state index in [4.69, 9.17) is 5.11 Å². The molecule has 1 heterocycles. The van der Waals surface area contributed by atoms with Gasteiger partial charge in [-0.1, -0.05) is 36.4 Å². The van der Waals surface area contributed by atoms with Crippen molar-refractivity contribution in [1.29, 1.82) is 0 Å². The number of hydrogen-bond donors (Lipinski definition) is 1. The molecule has 0 atom stereocenters. The molecule has 0 aromatic heterocycles. The molecule has 96 valence electrons. The Morgan fingerprint density at radius 3 is 2.05 bits per heavy atom. The summed E-state index contributed by atoms with van der Waals surface area (Å²) in [6.07, 6.45) is 1.05. The van der Waals surface area contributed by atoms with Gasteiger partial charge in [-0.3, -0.25) is 4.79 Å². The third-order valence-electron chi connectivity index (χ3n) is 3.50. The van der Waals surface area contributed by atoms with Crippen LogP contribution in [0.5, 0.6) is 0 Å². The number of para-hydroxylation sites is 2. The highest BCUT2D eigenvalue weighted by Gasteiger charge is 2.21. The Hall–Kier alpha value is -2.29. The van der Waals surface area contributed by atoms with Gasteiger partial charge in [0.05, 0.1) is 6.42 Å². The van der Waals surface area contributed by atoms with Crippen molar-refractivity contribution in [2.75, 3.05) is 11.4 Å². The van der Waals surface area contributed by atoms with E-state index in [1.54, 1.807) is 0 Å². The normalized spacial score (nSPS) is 12.7. The van der Waals surface area contributed by atoms with Gasteiger partial charge in [0.1, 0.15) is 0 Å². The molecule has 1 aliphatic rings. The van der Waals surface area contributed by atoms with Crippen LogP contribution in [-0.4, -0.2) is 17.6 Å². The zero-order chi connectivity index (χ0) is 13.2. The van der Waals surface area contributed by atoms with E-state index in [0.29, 0.717) is 6.54 Å². The van der Waals surface area contributed by atoms with Crippen LogP contribution in [0, 0.1) is 0 Å². The second-order valence-electron chi connectivity index (χ2n) is 4.73. The molecule has 0 saturated heterocycles. The molecule has 0 unspecified atom stereocenters. The molecule has 0 bridgehead atoms. The summed E-state index contributed by atoms with van der Waals surface area (Å²) in [5.41, 5.74) is 4.77. The number of nitrogens with zero attached hydrogens (tertiary/aromatic N) is 1. The Morgan fingerprint density at radius 2 is 1.53 bits per heavy atom. The number of hydrogen-bond acceptors (Lipinski definition) is 2. The Kier molecular flexibility index (Phi) is 2.95. The van der Waals surface area contributed by atoms with Crippen molar-refractivity contribution in [2.24, 2.45) is 0 Å². The second-order valence-corrected chi connectivity index (χ2v) is 4.73. The van der Waals surface area contributed by atoms with Crippen LogP contribution in [0.4, 0.5) is 11.4 Å². The van der Waals surface area contributed by atoms with Crippen LogP contribution >= 0.6 is 0 Å². The molecule has 0 fully saturated rings. The van der Waals surface area contributed by atoms with Crippen molar-refractivity contribution in [3.63, 3.8) is 0 Å². The van der Waals surface area contributed by atoms with Gasteiger partial charge < -0.3 is 10.0 Å². The highest BCUT2D eigenvalue weighted by molar-refractivity contribution is 5.76. The number of carbonyl (C=O) groups is 1. The third kappa shape index (κ3) is 2.19. The molecule has 0 saturated carbocycles. The first-order valence-corrected chi connectivity index (χ1v) is 6.41. The van der Waals surface area contributed by atoms with Crippen molar-refractivity contribution in [2.45, 2.75) is 12.8 Å². The van der Waals surface area contributed by atoms with Crippen LogP contribution in [-0.2, 0) is 11.2 Å². The van der Waals surface area contributed by atoms with Gasteiger partial charge in [-0.25, -0.2) is 0 Å². The summed E-state index contributed by atoms with van der Waals surface area (Å²) >= 11 is 0. The van der Waals surface area contributed by atoms with Crippen LogP contribution in [0.15, 0.2) is 48.5 Å². The van der Waals surface area contributed by atoms with Crippen LogP contribution in [0.1, 0.15) is 17.5 Å². The van der Waals surface area contributed by atoms with E-state index in [-0.39, 0.29) is 6.42 Å². The molecule has 3 heteroatoms. The summed E-state index contributed by atoms with van der Waals surface area (Å²) < 4.78 is 0. The molecule has 2 aromatic rings. The summed E-state index contributed by atoms with van der Waals surface area (Å²) in [6, 6.07) is 16.4. The lowest BCUT2D eigenvalue weighted by Crippen LogP contribution is -2.25. The fourth-order valence-corrected chi connectivity index (χ4v) is 2.63. The van der Waals surface area contributed by atoms with Crippen molar-refractivity contribution in [3.05, 3.63) is 59.7 Å². The zero-order valence-corrected chi connectivity index (χ0v) is 10.5. The van der Waals surface area contributed by atoms with Crippen LogP contribution in [0.3, 0.4) is 0 Å². The van der Waals surface area contributed by atoms with Gasteiger partial charge in [0.15, 0.2) is 0 Å². The third-order valence-corrected chi connectivity index (χ3v) is 3.50. The number of aliphatic carboxylic acids is 1. The standard InChI is InChI=1S/C16H15NO2/c18-16(19)9-10-17-14-7-3-1-5-12(14)11-13-6-2-4-8-15(13)17/h1-8H,9-11H2,(H,18,19). The maximum atomic E-state index is 10.8. The summed E-state index contributed by atoms with van der Waals surface area (Å²) in [5.74, 6) is -0.763. The lowest BCUT2D eigenvalue weighted by molar-refractivity contribution is -0.136. The van der Waals surface area contributed by atoms with E-state index in [1.165, 1.54) is 11.1 Å². The second kappa shape index (κ2) is 4.76. The van der Waals surface area contributed by atoms with Gasteiger partial charge >= 0.3 is 5.97 Å². The molecule has 19 heavy (non-hydrogen) atoms. The lowest BCUT2D eigenvalue weighted by Gasteiger charge is -2.33. The van der Waals surface area contributed by atoms with Crippen molar-refractivity contribution < 1.29 is 9.90 Å². The molecular formula is C16H15NO2. The van der Waals surface area contributed by atoms with Gasteiger partial charge in [-0.2, -0.15) is 0 Å². The predicted molar refractivity (Wildman–Crippen MR) is 74.9 cm³/mol. The first-order chi connectivity index (χ1) is 9.25. The van der Waals surface area contributed by atoms with Crippen LogP contribution in [0.2, 0.25) is 0 Å². The Morgan fingerprint density at radius 1 is 1.00 bits per heavy atom. The summed E-state index contributed by atoms with van der Waals surface area (Å²) in [4.78, 5) is 13.0. The van der Waals surface area contributed by atoms with Crippen molar-refractivity contribution in [3.8, 4) is 0 Å². The fraction of sp³-hybridized carbons (Fsp3) is 0.188. The molecule has 2 aromatic carbocycles. The molecular weight excluding hydrogens is 238 g/mol. The maximum absolute atomic E-state index is 10.8. The number of carboxylic acid groups (broad SMARTS) is 1. The average molecular weight is 253 g/mol. The van der Waals surface area contributed by atoms with E-state index < -0.39 is 5.97 Å². The van der Waals surface area contributed by atoms with Gasteiger partial charge in [0.2, 0.25) is 0 Å². The maximum Gasteiger partial charge on any atom is 0.305 e. The summed E-state index contributed by atoms with van der Waals surface area (Å²) in [6.45, 7) is 0.503. The van der Waals surface area contributed by atoms with Crippen molar-refractivity contribution in [1.82, 2.24) is 0 Å². The highest BCUT2D eigenvalue weighted by Crippen LogP contribution is 2.38. The summed E-state index contributed by atoms with van der Waals surface area (Å²) in [7, 11) is 0. The quantitative estimate of drug-likeness (QED) is 0.913. The number of benzene rings is 2. The molecule has 0 aliphatic carbocycles. The monoisotopic (exact) mass is 253 g/mol. The lowest BCUT2D eigenvalue weighted by atomic mass is 9.95. The number of fused-ring (bicyclic) bond motifs is 2. The van der Waals surface area contributed by atoms with Gasteiger partial charge in [0.25, 0.3) is 0 Å². The minimum absolute atomic E-state index is 0.142. The molecule has 1 aliphatic heterocycles. The molecule has 3 rings (SSSR count). The Bertz CT molecular complexity index is 576. The topological polar surface area (TPSA) is 40.5 Å². The molecule has 3 nitrogen and oxygen atoms in total. The van der Waals surface area contributed by atoms with Gasteiger partial charge in [0, 0.05) is 24.3 Å². The molecule has 1 N–H and O–H groups in total. The van der Waals surface area contributed by atoms with E-state index >= 15 is 0 Å². The largest absolute Gasteiger partial charge is 0.481 e. The zero-order valence-electron chi connectivity index (χ0n) is 10.5. The van der Waals surface area contributed by atoms with E-state index in [9.17, 15) is 4.79 Å². The minimum atomic E-state index is -0.763. The smallest absolute Gasteiger partial charge is 0.305 e. The molecule has 0 radical (unpaired) electrons. The Labute approximate surface area is 112 Å². The molecule has 0 amide bonds. The number of anilines is 2. The Balaban J connectivity index is 2.03. The molecule has 0 spiro atoms. The number of rotatable bonds is 3. The van der Waals surface area contributed by atoms with Gasteiger partial charge in [-0.05, 0) is 23.3 Å². The highest BCUT2D eigenvalue weighted by atomic mass is 16.4. The first kappa shape index (κ1) is 11.8. The SMILES string of the molecule is O=C(O)CCN1c2ccccc2Cc2ccccc21. The predicted octanol–water partition coefficient (Wildman–Crippen LogP) is 3.20. The first-order valence-electron chi connectivity index (χ1n) is 6.41. The van der Waals surface area contributed by atoms with E-state index in [0.717, 1.165) is 17.8 Å². The van der Waals surface area contributed by atoms with Crippen LogP contribution in [0.25, 0.3) is 0 Å². The van der Waals surface area contributed by atoms with E-state index in [2.05, 4.69) is 29.2 Å². The minimum Gasteiger partial charge on any atom is -0.481 e. The van der Waals surface area contributed by atoms with Crippen LogP contribution < -0.4 is 4.90 Å². The number of carboxylic acids is 1. The van der Waals surface area contributed by atoms with Gasteiger partial charge in [-0.15, -0.1) is 0 Å². The fourth-order valence-electron chi connectivity index (χ4n) is 2.63.